The smallest absolute Gasteiger partial charge is 0.0564 e. The summed E-state index contributed by atoms with van der Waals surface area (Å²) < 4.78 is 0. The van der Waals surface area contributed by atoms with Gasteiger partial charge in [-0.3, -0.25) is 9.88 Å². The first-order valence-corrected chi connectivity index (χ1v) is 4.96. The van der Waals surface area contributed by atoms with Crippen LogP contribution in [0.1, 0.15) is 19.5 Å². The molecule has 0 aliphatic carbocycles. The molecule has 0 radical (unpaired) electrons. The van der Waals surface area contributed by atoms with Crippen molar-refractivity contribution in [3.63, 3.8) is 0 Å². The topological polar surface area (TPSA) is 28.2 Å². The maximum atomic E-state index is 4.33. The second-order valence-corrected chi connectivity index (χ2v) is 3.79. The Morgan fingerprint density at radius 2 is 2.21 bits per heavy atom. The van der Waals surface area contributed by atoms with Gasteiger partial charge in [0.05, 0.1) is 5.69 Å². The standard InChI is InChI=1S/C11H19N3/c1-9(2)14(4)8-11-7-10(12-3)5-6-13-11/h5-7,9H,8H2,1-4H3,(H,12,13). The minimum Gasteiger partial charge on any atom is -0.388 e. The minimum atomic E-state index is 0.551. The first kappa shape index (κ1) is 11.0. The molecule has 1 aromatic heterocycles. The van der Waals surface area contributed by atoms with Gasteiger partial charge in [-0.05, 0) is 33.0 Å². The molecule has 0 saturated carbocycles. The monoisotopic (exact) mass is 193 g/mol. The lowest BCUT2D eigenvalue weighted by Crippen LogP contribution is -2.26. The molecule has 0 aliphatic heterocycles. The lowest BCUT2D eigenvalue weighted by molar-refractivity contribution is 0.263. The average molecular weight is 193 g/mol. The number of nitrogens with one attached hydrogen (secondary N) is 1. The zero-order chi connectivity index (χ0) is 10.6. The summed E-state index contributed by atoms with van der Waals surface area (Å²) in [6, 6.07) is 4.60. The van der Waals surface area contributed by atoms with Crippen molar-refractivity contribution in [2.75, 3.05) is 19.4 Å². The van der Waals surface area contributed by atoms with E-state index in [1.54, 1.807) is 0 Å². The summed E-state index contributed by atoms with van der Waals surface area (Å²) in [6.45, 7) is 5.26. The van der Waals surface area contributed by atoms with Crippen LogP contribution >= 0.6 is 0 Å². The van der Waals surface area contributed by atoms with E-state index in [4.69, 9.17) is 0 Å². The summed E-state index contributed by atoms with van der Waals surface area (Å²) in [5.74, 6) is 0. The lowest BCUT2D eigenvalue weighted by Gasteiger charge is -2.20. The van der Waals surface area contributed by atoms with Crippen LogP contribution < -0.4 is 5.32 Å². The molecule has 1 N–H and O–H groups in total. The summed E-state index contributed by atoms with van der Waals surface area (Å²) in [5, 5.41) is 3.11. The van der Waals surface area contributed by atoms with Crippen molar-refractivity contribution in [3.05, 3.63) is 24.0 Å². The van der Waals surface area contributed by atoms with Gasteiger partial charge < -0.3 is 5.32 Å². The van der Waals surface area contributed by atoms with E-state index in [2.05, 4.69) is 42.2 Å². The molecule has 78 valence electrons. The first-order valence-electron chi connectivity index (χ1n) is 4.96. The van der Waals surface area contributed by atoms with E-state index in [-0.39, 0.29) is 0 Å². The fourth-order valence-electron chi connectivity index (χ4n) is 1.16. The van der Waals surface area contributed by atoms with E-state index >= 15 is 0 Å². The Kier molecular flexibility index (Phi) is 3.89. The van der Waals surface area contributed by atoms with Crippen molar-refractivity contribution in [3.8, 4) is 0 Å². The Balaban J connectivity index is 2.66. The third kappa shape index (κ3) is 3.00. The molecule has 0 bridgehead atoms. The molecule has 1 rings (SSSR count). The second-order valence-electron chi connectivity index (χ2n) is 3.79. The Morgan fingerprint density at radius 3 is 2.79 bits per heavy atom. The largest absolute Gasteiger partial charge is 0.388 e. The van der Waals surface area contributed by atoms with Gasteiger partial charge in [0.15, 0.2) is 0 Å². The highest BCUT2D eigenvalue weighted by atomic mass is 15.1. The van der Waals surface area contributed by atoms with E-state index in [1.807, 2.05) is 19.3 Å². The zero-order valence-corrected chi connectivity index (χ0v) is 9.41. The molecule has 3 nitrogen and oxygen atoms in total. The third-order valence-corrected chi connectivity index (χ3v) is 2.40. The molecule has 0 aliphatic rings. The number of aromatic nitrogens is 1. The Morgan fingerprint density at radius 1 is 1.50 bits per heavy atom. The van der Waals surface area contributed by atoms with Crippen LogP contribution in [0.3, 0.4) is 0 Å². The van der Waals surface area contributed by atoms with Gasteiger partial charge in [-0.2, -0.15) is 0 Å². The number of hydrogen-bond donors (Lipinski definition) is 1. The maximum Gasteiger partial charge on any atom is 0.0564 e. The molecule has 1 aromatic rings. The van der Waals surface area contributed by atoms with Gasteiger partial charge in [-0.15, -0.1) is 0 Å². The fraction of sp³-hybridized carbons (Fsp3) is 0.545. The van der Waals surface area contributed by atoms with E-state index in [9.17, 15) is 0 Å². The van der Waals surface area contributed by atoms with E-state index in [0.29, 0.717) is 6.04 Å². The molecular formula is C11H19N3. The van der Waals surface area contributed by atoms with Crippen LogP contribution in [0.4, 0.5) is 5.69 Å². The predicted octanol–water partition coefficient (Wildman–Crippen LogP) is 1.96. The second kappa shape index (κ2) is 4.96. The average Bonchev–Trinajstić information content (AvgIpc) is 2.18. The Labute approximate surface area is 86.2 Å². The van der Waals surface area contributed by atoms with Crippen LogP contribution in [0.25, 0.3) is 0 Å². The summed E-state index contributed by atoms with van der Waals surface area (Å²) in [5.41, 5.74) is 2.22. The molecule has 0 fully saturated rings. The molecule has 0 saturated heterocycles. The van der Waals surface area contributed by atoms with Gasteiger partial charge in [0.2, 0.25) is 0 Å². The highest BCUT2D eigenvalue weighted by Crippen LogP contribution is 2.09. The molecule has 0 atom stereocenters. The molecule has 14 heavy (non-hydrogen) atoms. The van der Waals surface area contributed by atoms with Gasteiger partial charge >= 0.3 is 0 Å². The van der Waals surface area contributed by atoms with E-state index in [0.717, 1.165) is 17.9 Å². The number of pyridine rings is 1. The van der Waals surface area contributed by atoms with Crippen molar-refractivity contribution in [2.45, 2.75) is 26.4 Å². The van der Waals surface area contributed by atoms with Gasteiger partial charge in [-0.25, -0.2) is 0 Å². The first-order chi connectivity index (χ1) is 6.63. The number of hydrogen-bond acceptors (Lipinski definition) is 3. The van der Waals surface area contributed by atoms with Gasteiger partial charge in [-0.1, -0.05) is 0 Å². The maximum absolute atomic E-state index is 4.33. The molecule has 1 heterocycles. The SMILES string of the molecule is CNc1ccnc(CN(C)C(C)C)c1. The fourth-order valence-corrected chi connectivity index (χ4v) is 1.16. The number of rotatable bonds is 4. The molecule has 0 aromatic carbocycles. The van der Waals surface area contributed by atoms with Crippen LogP contribution in [-0.4, -0.2) is 30.0 Å². The van der Waals surface area contributed by atoms with Gasteiger partial charge in [0, 0.05) is 31.5 Å². The summed E-state index contributed by atoms with van der Waals surface area (Å²) in [4.78, 5) is 6.59. The van der Waals surface area contributed by atoms with Gasteiger partial charge in [0.1, 0.15) is 0 Å². The quantitative estimate of drug-likeness (QED) is 0.792. The lowest BCUT2D eigenvalue weighted by atomic mass is 10.2. The van der Waals surface area contributed by atoms with E-state index in [1.165, 1.54) is 0 Å². The highest BCUT2D eigenvalue weighted by Gasteiger charge is 2.05. The van der Waals surface area contributed by atoms with Crippen molar-refractivity contribution in [2.24, 2.45) is 0 Å². The third-order valence-electron chi connectivity index (χ3n) is 2.40. The molecular weight excluding hydrogens is 174 g/mol. The van der Waals surface area contributed by atoms with Gasteiger partial charge in [0.25, 0.3) is 0 Å². The van der Waals surface area contributed by atoms with Crippen LogP contribution in [0, 0.1) is 0 Å². The molecule has 0 unspecified atom stereocenters. The molecule has 0 amide bonds. The number of nitrogens with zero attached hydrogens (tertiary/aromatic N) is 2. The zero-order valence-electron chi connectivity index (χ0n) is 9.41. The Hall–Kier alpha value is -1.09. The normalized spacial score (nSPS) is 11.0. The highest BCUT2D eigenvalue weighted by molar-refractivity contribution is 5.42. The minimum absolute atomic E-state index is 0.551. The predicted molar refractivity (Wildman–Crippen MR) is 60.4 cm³/mol. The summed E-state index contributed by atoms with van der Waals surface area (Å²) in [6.07, 6.45) is 1.84. The van der Waals surface area contributed by atoms with Crippen molar-refractivity contribution in [1.29, 1.82) is 0 Å². The summed E-state index contributed by atoms with van der Waals surface area (Å²) >= 11 is 0. The van der Waals surface area contributed by atoms with Crippen LogP contribution in [0.15, 0.2) is 18.3 Å². The summed E-state index contributed by atoms with van der Waals surface area (Å²) in [7, 11) is 4.03. The molecule has 0 spiro atoms. The molecule has 3 heteroatoms. The van der Waals surface area contributed by atoms with Crippen molar-refractivity contribution >= 4 is 5.69 Å². The van der Waals surface area contributed by atoms with Crippen LogP contribution in [0.5, 0.6) is 0 Å². The van der Waals surface area contributed by atoms with Crippen LogP contribution in [0.2, 0.25) is 0 Å². The van der Waals surface area contributed by atoms with E-state index < -0.39 is 0 Å². The number of anilines is 1. The Bertz CT molecular complexity index is 284. The van der Waals surface area contributed by atoms with Crippen molar-refractivity contribution < 1.29 is 0 Å². The van der Waals surface area contributed by atoms with Crippen molar-refractivity contribution in [1.82, 2.24) is 9.88 Å². The van der Waals surface area contributed by atoms with Crippen LogP contribution in [-0.2, 0) is 6.54 Å².